The number of halogens is 4. The molecule has 0 aliphatic heterocycles. The first-order valence-electron chi connectivity index (χ1n) is 7.79. The van der Waals surface area contributed by atoms with Gasteiger partial charge >= 0.3 is 6.18 Å². The number of benzene rings is 1. The maximum atomic E-state index is 13.5. The topological polar surface area (TPSA) is 56.7 Å². The molecule has 0 radical (unpaired) electrons. The molecular weight excluding hydrogens is 340 g/mol. The highest BCUT2D eigenvalue weighted by Crippen LogP contribution is 2.15. The van der Waals surface area contributed by atoms with Crippen molar-refractivity contribution in [3.05, 3.63) is 35.6 Å². The normalized spacial score (nSPS) is 12.0. The minimum atomic E-state index is -4.45. The van der Waals surface area contributed by atoms with Gasteiger partial charge in [0.25, 0.3) is 0 Å². The second kappa shape index (κ2) is 9.85. The van der Waals surface area contributed by atoms with Crippen LogP contribution in [0.3, 0.4) is 0 Å². The van der Waals surface area contributed by atoms with E-state index in [1.807, 2.05) is 6.92 Å². The number of rotatable bonds is 7. The first-order chi connectivity index (χ1) is 11.7. The average Bonchev–Trinajstić information content (AvgIpc) is 2.52. The fourth-order valence-electron chi connectivity index (χ4n) is 1.98. The number of amides is 1. The van der Waals surface area contributed by atoms with E-state index >= 15 is 0 Å². The first kappa shape index (κ1) is 20.7. The van der Waals surface area contributed by atoms with E-state index in [4.69, 9.17) is 0 Å². The molecular formula is C16H22F4N4O. The van der Waals surface area contributed by atoms with Crippen molar-refractivity contribution in [3.8, 4) is 0 Å². The van der Waals surface area contributed by atoms with Gasteiger partial charge in [-0.1, -0.05) is 18.2 Å². The molecule has 1 rings (SSSR count). The molecule has 0 spiro atoms. The summed E-state index contributed by atoms with van der Waals surface area (Å²) in [7, 11) is 1.07. The second-order valence-electron chi connectivity index (χ2n) is 5.33. The van der Waals surface area contributed by atoms with E-state index in [9.17, 15) is 22.4 Å². The van der Waals surface area contributed by atoms with E-state index in [0.29, 0.717) is 30.0 Å². The van der Waals surface area contributed by atoms with Crippen molar-refractivity contribution in [1.29, 1.82) is 0 Å². The number of nitrogens with one attached hydrogen (secondary N) is 2. The van der Waals surface area contributed by atoms with Crippen LogP contribution in [-0.2, 0) is 11.2 Å². The lowest BCUT2D eigenvalue weighted by molar-refractivity contribution is -0.157. The van der Waals surface area contributed by atoms with Gasteiger partial charge in [-0.15, -0.1) is 0 Å². The van der Waals surface area contributed by atoms with Crippen molar-refractivity contribution in [2.75, 3.05) is 33.2 Å². The van der Waals surface area contributed by atoms with Gasteiger partial charge in [0.15, 0.2) is 5.96 Å². The lowest BCUT2D eigenvalue weighted by Gasteiger charge is -2.18. The van der Waals surface area contributed by atoms with Crippen molar-refractivity contribution >= 4 is 11.9 Å². The highest BCUT2D eigenvalue weighted by atomic mass is 19.4. The molecule has 0 aromatic heterocycles. The first-order valence-corrected chi connectivity index (χ1v) is 7.79. The number of alkyl halides is 3. The van der Waals surface area contributed by atoms with E-state index in [1.165, 1.54) is 6.07 Å². The Labute approximate surface area is 144 Å². The van der Waals surface area contributed by atoms with Gasteiger partial charge in [0.05, 0.1) is 0 Å². The van der Waals surface area contributed by atoms with Crippen molar-refractivity contribution in [3.63, 3.8) is 0 Å². The number of hydrogen-bond donors (Lipinski definition) is 2. The van der Waals surface area contributed by atoms with Crippen LogP contribution in [0, 0.1) is 5.82 Å². The Hall–Kier alpha value is -2.32. The molecule has 0 heterocycles. The zero-order valence-electron chi connectivity index (χ0n) is 14.2. The van der Waals surface area contributed by atoms with Crippen LogP contribution in [0.1, 0.15) is 12.5 Å². The van der Waals surface area contributed by atoms with Crippen molar-refractivity contribution in [1.82, 2.24) is 15.5 Å². The summed E-state index contributed by atoms with van der Waals surface area (Å²) in [5.41, 5.74) is 0.534. The summed E-state index contributed by atoms with van der Waals surface area (Å²) in [5.74, 6) is -0.772. The molecule has 0 atom stereocenters. The number of guanidine groups is 1. The Kier molecular flexibility index (Phi) is 8.17. The van der Waals surface area contributed by atoms with Gasteiger partial charge in [-0.05, 0) is 25.0 Å². The minimum absolute atomic E-state index is 0.285. The van der Waals surface area contributed by atoms with Gasteiger partial charge in [0.1, 0.15) is 18.9 Å². The predicted octanol–water partition coefficient (Wildman–Crippen LogP) is 1.94. The predicted molar refractivity (Wildman–Crippen MR) is 87.8 cm³/mol. The van der Waals surface area contributed by atoms with E-state index < -0.39 is 25.2 Å². The largest absolute Gasteiger partial charge is 0.406 e. The molecule has 0 bridgehead atoms. The van der Waals surface area contributed by atoms with Crippen LogP contribution < -0.4 is 10.6 Å². The summed E-state index contributed by atoms with van der Waals surface area (Å²) in [5, 5.41) is 5.80. The van der Waals surface area contributed by atoms with Gasteiger partial charge < -0.3 is 15.5 Å². The van der Waals surface area contributed by atoms with Gasteiger partial charge in [-0.3, -0.25) is 4.79 Å². The van der Waals surface area contributed by atoms with Crippen LogP contribution in [-0.4, -0.2) is 56.2 Å². The SMILES string of the molecule is CCNC(=NCC(=O)N(C)CC(F)(F)F)NCCc1ccccc1F. The van der Waals surface area contributed by atoms with Crippen LogP contribution >= 0.6 is 0 Å². The van der Waals surface area contributed by atoms with Crippen LogP contribution in [0.5, 0.6) is 0 Å². The Morgan fingerprint density at radius 3 is 2.52 bits per heavy atom. The number of hydrogen-bond acceptors (Lipinski definition) is 2. The summed E-state index contributed by atoms with van der Waals surface area (Å²) < 4.78 is 50.3. The number of carbonyl (C=O) groups excluding carboxylic acids is 1. The molecule has 0 saturated carbocycles. The lowest BCUT2D eigenvalue weighted by atomic mass is 10.1. The molecule has 0 unspecified atom stereocenters. The van der Waals surface area contributed by atoms with Crippen molar-refractivity contribution in [2.45, 2.75) is 19.5 Å². The third-order valence-corrected chi connectivity index (χ3v) is 3.20. The fraction of sp³-hybridized carbons (Fsp3) is 0.500. The van der Waals surface area contributed by atoms with Crippen molar-refractivity contribution in [2.24, 2.45) is 4.99 Å². The molecule has 1 aromatic rings. The summed E-state index contributed by atoms with van der Waals surface area (Å²) in [6, 6.07) is 6.36. The van der Waals surface area contributed by atoms with Crippen LogP contribution in [0.2, 0.25) is 0 Å². The third kappa shape index (κ3) is 8.37. The van der Waals surface area contributed by atoms with Gasteiger partial charge in [-0.2, -0.15) is 13.2 Å². The molecule has 140 valence electrons. The molecule has 2 N–H and O–H groups in total. The minimum Gasteiger partial charge on any atom is -0.357 e. The zero-order valence-corrected chi connectivity index (χ0v) is 14.2. The maximum Gasteiger partial charge on any atom is 0.406 e. The van der Waals surface area contributed by atoms with Gasteiger partial charge in [0.2, 0.25) is 5.91 Å². The molecule has 1 aromatic carbocycles. The molecule has 0 fully saturated rings. The van der Waals surface area contributed by atoms with E-state index in [2.05, 4.69) is 15.6 Å². The molecule has 25 heavy (non-hydrogen) atoms. The summed E-state index contributed by atoms with van der Waals surface area (Å²) in [6.07, 6.45) is -4.05. The molecule has 1 amide bonds. The van der Waals surface area contributed by atoms with E-state index in [-0.39, 0.29) is 11.8 Å². The zero-order chi connectivity index (χ0) is 18.9. The summed E-state index contributed by atoms with van der Waals surface area (Å²) >= 11 is 0. The van der Waals surface area contributed by atoms with Crippen molar-refractivity contribution < 1.29 is 22.4 Å². The maximum absolute atomic E-state index is 13.5. The Bertz CT molecular complexity index is 590. The summed E-state index contributed by atoms with van der Waals surface area (Å²) in [4.78, 5) is 16.2. The molecule has 0 saturated heterocycles. The van der Waals surface area contributed by atoms with E-state index in [1.54, 1.807) is 18.2 Å². The Morgan fingerprint density at radius 2 is 1.92 bits per heavy atom. The Morgan fingerprint density at radius 1 is 1.24 bits per heavy atom. The lowest BCUT2D eigenvalue weighted by Crippen LogP contribution is -2.40. The Balaban J connectivity index is 2.53. The van der Waals surface area contributed by atoms with Crippen LogP contribution in [0.25, 0.3) is 0 Å². The number of nitrogens with zero attached hydrogens (tertiary/aromatic N) is 2. The standard InChI is InChI=1S/C16H22F4N4O/c1-3-21-15(22-9-8-12-6-4-5-7-13(12)17)23-10-14(25)24(2)11-16(18,19)20/h4-7H,3,8-11H2,1-2H3,(H2,21,22,23). The fourth-order valence-corrected chi connectivity index (χ4v) is 1.98. The number of carbonyl (C=O) groups is 1. The number of likely N-dealkylation sites (N-methyl/N-ethyl adjacent to an activating group) is 1. The van der Waals surface area contributed by atoms with E-state index in [0.717, 1.165) is 7.05 Å². The molecule has 9 heteroatoms. The average molecular weight is 362 g/mol. The highest BCUT2D eigenvalue weighted by Gasteiger charge is 2.30. The van der Waals surface area contributed by atoms with Gasteiger partial charge in [0, 0.05) is 20.1 Å². The monoisotopic (exact) mass is 362 g/mol. The quantitative estimate of drug-likeness (QED) is 0.443. The third-order valence-electron chi connectivity index (χ3n) is 3.20. The molecule has 0 aliphatic rings. The molecule has 0 aliphatic carbocycles. The van der Waals surface area contributed by atoms with Crippen LogP contribution in [0.4, 0.5) is 17.6 Å². The highest BCUT2D eigenvalue weighted by molar-refractivity contribution is 5.84. The number of aliphatic imine (C=N–C) groups is 1. The molecule has 5 nitrogen and oxygen atoms in total. The van der Waals surface area contributed by atoms with Crippen LogP contribution in [0.15, 0.2) is 29.3 Å². The second-order valence-corrected chi connectivity index (χ2v) is 5.33. The van der Waals surface area contributed by atoms with Gasteiger partial charge in [-0.25, -0.2) is 9.38 Å². The smallest absolute Gasteiger partial charge is 0.357 e. The summed E-state index contributed by atoms with van der Waals surface area (Å²) in [6.45, 7) is 0.948.